The van der Waals surface area contributed by atoms with Gasteiger partial charge in [-0.15, -0.1) is 0 Å². The van der Waals surface area contributed by atoms with Crippen molar-refractivity contribution >= 4 is 5.91 Å². The number of carbonyl (C=O) groups excluding carboxylic acids is 1. The zero-order valence-corrected chi connectivity index (χ0v) is 14.1. The van der Waals surface area contributed by atoms with Crippen molar-refractivity contribution in [3.05, 3.63) is 54.2 Å². The van der Waals surface area contributed by atoms with Crippen LogP contribution in [-0.2, 0) is 0 Å². The fourth-order valence-corrected chi connectivity index (χ4v) is 3.71. The van der Waals surface area contributed by atoms with Crippen molar-refractivity contribution in [2.45, 2.75) is 45.4 Å². The lowest BCUT2D eigenvalue weighted by Crippen LogP contribution is -2.23. The van der Waals surface area contributed by atoms with Crippen LogP contribution in [0.1, 0.15) is 61.5 Å². The van der Waals surface area contributed by atoms with Crippen molar-refractivity contribution in [1.29, 1.82) is 0 Å². The molecule has 3 rings (SSSR count). The number of hydrogen-bond acceptors (Lipinski definition) is 2. The van der Waals surface area contributed by atoms with Crippen LogP contribution in [0.15, 0.2) is 43.0 Å². The first-order valence-electron chi connectivity index (χ1n) is 8.39. The van der Waals surface area contributed by atoms with Crippen molar-refractivity contribution in [2.75, 3.05) is 0 Å². The van der Waals surface area contributed by atoms with Crippen molar-refractivity contribution < 1.29 is 4.79 Å². The van der Waals surface area contributed by atoms with Gasteiger partial charge in [-0.05, 0) is 30.8 Å². The van der Waals surface area contributed by atoms with Crippen LogP contribution >= 0.6 is 0 Å². The van der Waals surface area contributed by atoms with E-state index >= 15 is 0 Å². The minimum absolute atomic E-state index is 0.136. The topological polar surface area (TPSA) is 34.9 Å². The molecule has 0 saturated heterocycles. The number of fused-ring (bicyclic) bond motifs is 1. The van der Waals surface area contributed by atoms with Gasteiger partial charge in [-0.3, -0.25) is 4.79 Å². The Bertz CT molecular complexity index is 728. The molecule has 0 aliphatic heterocycles. The van der Waals surface area contributed by atoms with Crippen LogP contribution in [0, 0.1) is 5.92 Å². The molecule has 2 aromatic rings. The first-order valence-corrected chi connectivity index (χ1v) is 8.39. The van der Waals surface area contributed by atoms with Gasteiger partial charge in [0.2, 0.25) is 0 Å². The lowest BCUT2D eigenvalue weighted by atomic mass is 9.75. The van der Waals surface area contributed by atoms with Crippen molar-refractivity contribution in [3.8, 4) is 11.3 Å². The smallest absolute Gasteiger partial charge is 0.267 e. The Labute approximate surface area is 138 Å². The number of nitrogens with zero attached hydrogens (tertiary/aromatic N) is 2. The van der Waals surface area contributed by atoms with Crippen molar-refractivity contribution in [3.63, 3.8) is 0 Å². The molecule has 2 atom stereocenters. The molecule has 0 amide bonds. The highest BCUT2D eigenvalue weighted by molar-refractivity contribution is 5.90. The van der Waals surface area contributed by atoms with Gasteiger partial charge < -0.3 is 0 Å². The number of benzene rings is 1. The second-order valence-electron chi connectivity index (χ2n) is 6.80. The molecule has 0 spiro atoms. The minimum atomic E-state index is -0.136. The average Bonchev–Trinajstić information content (AvgIpc) is 2.96. The zero-order valence-electron chi connectivity index (χ0n) is 14.1. The fourth-order valence-electron chi connectivity index (χ4n) is 3.71. The molecule has 120 valence electrons. The largest absolute Gasteiger partial charge is 0.270 e. The van der Waals surface area contributed by atoms with Gasteiger partial charge in [0.05, 0.1) is 11.4 Å². The van der Waals surface area contributed by atoms with Crippen LogP contribution in [0.4, 0.5) is 0 Å². The first-order chi connectivity index (χ1) is 11.0. The van der Waals surface area contributed by atoms with E-state index in [0.29, 0.717) is 17.8 Å². The van der Waals surface area contributed by atoms with Crippen LogP contribution in [0.2, 0.25) is 0 Å². The van der Waals surface area contributed by atoms with Gasteiger partial charge in [0.1, 0.15) is 0 Å². The Hall–Kier alpha value is -2.16. The fraction of sp³-hybridized carbons (Fsp3) is 0.400. The highest BCUT2D eigenvalue weighted by atomic mass is 16.2. The van der Waals surface area contributed by atoms with Crippen LogP contribution in [0.25, 0.3) is 11.3 Å². The molecule has 0 fully saturated rings. The van der Waals surface area contributed by atoms with Crippen molar-refractivity contribution in [1.82, 2.24) is 9.78 Å². The molecule has 1 heterocycles. The number of aromatic nitrogens is 2. The molecule has 1 aliphatic carbocycles. The van der Waals surface area contributed by atoms with E-state index in [1.807, 2.05) is 18.2 Å². The Morgan fingerprint density at radius 2 is 2.00 bits per heavy atom. The van der Waals surface area contributed by atoms with E-state index in [9.17, 15) is 4.79 Å². The predicted molar refractivity (Wildman–Crippen MR) is 93.7 cm³/mol. The van der Waals surface area contributed by atoms with Crippen LogP contribution < -0.4 is 0 Å². The summed E-state index contributed by atoms with van der Waals surface area (Å²) in [6, 6.07) is 10.2. The quantitative estimate of drug-likeness (QED) is 0.747. The predicted octanol–water partition coefficient (Wildman–Crippen LogP) is 5.01. The van der Waals surface area contributed by atoms with Gasteiger partial charge in [0.15, 0.2) is 0 Å². The lowest BCUT2D eigenvalue weighted by Gasteiger charge is -2.30. The summed E-state index contributed by atoms with van der Waals surface area (Å²) in [5, 5.41) is 4.71. The van der Waals surface area contributed by atoms with Crippen LogP contribution in [0.5, 0.6) is 0 Å². The summed E-state index contributed by atoms with van der Waals surface area (Å²) in [4.78, 5) is 12.4. The van der Waals surface area contributed by atoms with E-state index in [0.717, 1.165) is 29.8 Å². The molecule has 0 saturated carbocycles. The molecule has 3 nitrogen and oxygen atoms in total. The normalized spacial score (nSPS) is 20.3. The summed E-state index contributed by atoms with van der Waals surface area (Å²) in [7, 11) is 0. The Kier molecular flexibility index (Phi) is 4.20. The van der Waals surface area contributed by atoms with E-state index in [1.54, 1.807) is 4.68 Å². The molecule has 0 bridgehead atoms. The standard InChI is InChI=1S/C20H24N2O/c1-5-17(23)22-20-16(13(2)3)12-11-14(4)18(20)19(21-22)15-9-7-6-8-10-15/h5-10,13-14,16H,1,11-12H2,2-4H3/t14-,16+/m0/s1. The molecule has 3 heteroatoms. The van der Waals surface area contributed by atoms with E-state index in [4.69, 9.17) is 5.10 Å². The third kappa shape index (κ3) is 2.65. The molecule has 0 unspecified atom stereocenters. The molecular weight excluding hydrogens is 284 g/mol. The Balaban J connectivity index is 2.27. The highest BCUT2D eigenvalue weighted by Gasteiger charge is 2.35. The maximum atomic E-state index is 12.4. The molecule has 1 aromatic heterocycles. The third-order valence-electron chi connectivity index (χ3n) is 4.95. The van der Waals surface area contributed by atoms with Crippen LogP contribution in [0.3, 0.4) is 0 Å². The van der Waals surface area contributed by atoms with Gasteiger partial charge in [0.25, 0.3) is 5.91 Å². The summed E-state index contributed by atoms with van der Waals surface area (Å²) < 4.78 is 1.60. The number of hydrogen-bond donors (Lipinski definition) is 0. The van der Waals surface area contributed by atoms with Gasteiger partial charge in [-0.25, -0.2) is 4.68 Å². The molecule has 23 heavy (non-hydrogen) atoms. The Morgan fingerprint density at radius 3 is 2.61 bits per heavy atom. The lowest BCUT2D eigenvalue weighted by molar-refractivity contribution is 0.0947. The monoisotopic (exact) mass is 308 g/mol. The SMILES string of the molecule is C=CC(=O)n1nc(-c2ccccc2)c2c1[C@@H](C(C)C)CC[C@@H]2C. The van der Waals surface area contributed by atoms with E-state index in [2.05, 4.69) is 39.5 Å². The van der Waals surface area contributed by atoms with E-state index < -0.39 is 0 Å². The molecule has 0 N–H and O–H groups in total. The maximum absolute atomic E-state index is 12.4. The number of allylic oxidation sites excluding steroid dienone is 1. The first kappa shape index (κ1) is 15.7. The summed E-state index contributed by atoms with van der Waals surface area (Å²) in [5.74, 6) is 1.14. The third-order valence-corrected chi connectivity index (χ3v) is 4.95. The second-order valence-corrected chi connectivity index (χ2v) is 6.80. The van der Waals surface area contributed by atoms with Gasteiger partial charge >= 0.3 is 0 Å². The summed E-state index contributed by atoms with van der Waals surface area (Å²) in [6.45, 7) is 10.3. The molecule has 1 aliphatic rings. The highest BCUT2D eigenvalue weighted by Crippen LogP contribution is 2.46. The molecular formula is C20H24N2O. The van der Waals surface area contributed by atoms with Gasteiger partial charge in [-0.1, -0.05) is 57.7 Å². The van der Waals surface area contributed by atoms with E-state index in [1.165, 1.54) is 11.6 Å². The zero-order chi connectivity index (χ0) is 16.6. The summed E-state index contributed by atoms with van der Waals surface area (Å²) in [5.41, 5.74) is 4.38. The van der Waals surface area contributed by atoms with Gasteiger partial charge in [-0.2, -0.15) is 5.10 Å². The van der Waals surface area contributed by atoms with Crippen molar-refractivity contribution in [2.24, 2.45) is 5.92 Å². The maximum Gasteiger partial charge on any atom is 0.270 e. The number of rotatable bonds is 3. The number of carbonyl (C=O) groups is 1. The summed E-state index contributed by atoms with van der Waals surface area (Å²) >= 11 is 0. The molecule has 0 radical (unpaired) electrons. The van der Waals surface area contributed by atoms with E-state index in [-0.39, 0.29) is 5.91 Å². The summed E-state index contributed by atoms with van der Waals surface area (Å²) in [6.07, 6.45) is 3.61. The molecule has 1 aromatic carbocycles. The second kappa shape index (κ2) is 6.15. The Morgan fingerprint density at radius 1 is 1.30 bits per heavy atom. The van der Waals surface area contributed by atoms with Crippen LogP contribution in [-0.4, -0.2) is 15.7 Å². The minimum Gasteiger partial charge on any atom is -0.267 e. The average molecular weight is 308 g/mol. The van der Waals surface area contributed by atoms with Gasteiger partial charge in [0, 0.05) is 17.0 Å².